The maximum Gasteiger partial charge on any atom is 0.179 e. The molecule has 8 aromatic heterocycles. The fourth-order valence-electron chi connectivity index (χ4n) is 17.7. The first-order valence-electron chi connectivity index (χ1n) is 38.5. The Hall–Kier alpha value is -13.6. The molecular weight excluding hydrogens is 1400 g/mol. The fourth-order valence-corrected chi connectivity index (χ4v) is 18.7. The first-order valence-corrected chi connectivity index (χ1v) is 39.3. The van der Waals surface area contributed by atoms with Crippen molar-refractivity contribution in [3.63, 3.8) is 0 Å². The second-order valence-electron chi connectivity index (χ2n) is 31.7. The minimum atomic E-state index is -0.272. The van der Waals surface area contributed by atoms with Crippen LogP contribution in [0.3, 0.4) is 0 Å². The molecular formula is C101H75N11S. The summed E-state index contributed by atoms with van der Waals surface area (Å²) in [5, 5.41) is 0. The van der Waals surface area contributed by atoms with Gasteiger partial charge in [0.05, 0.1) is 51.2 Å². The van der Waals surface area contributed by atoms with Crippen LogP contribution in [0.15, 0.2) is 310 Å². The number of thiophene rings is 1. The van der Waals surface area contributed by atoms with Gasteiger partial charge in [0, 0.05) is 140 Å². The number of aromatic nitrogens is 11. The van der Waals surface area contributed by atoms with Gasteiger partial charge in [0.15, 0.2) is 23.3 Å². The second-order valence-corrected chi connectivity index (χ2v) is 32.8. The Morgan fingerprint density at radius 2 is 0.549 bits per heavy atom. The zero-order chi connectivity index (χ0) is 76.5. The Labute approximate surface area is 661 Å². The second kappa shape index (κ2) is 26.6. The van der Waals surface area contributed by atoms with E-state index in [9.17, 15) is 0 Å². The van der Waals surface area contributed by atoms with Crippen molar-refractivity contribution in [3.8, 4) is 168 Å². The molecule has 0 amide bonds. The van der Waals surface area contributed by atoms with E-state index in [2.05, 4.69) is 284 Å². The zero-order valence-electron chi connectivity index (χ0n) is 63.8. The van der Waals surface area contributed by atoms with Crippen molar-refractivity contribution < 1.29 is 0 Å². The first-order chi connectivity index (χ1) is 55.0. The molecule has 0 aliphatic heterocycles. The maximum absolute atomic E-state index is 5.27. The van der Waals surface area contributed by atoms with Crippen LogP contribution in [-0.2, 0) is 21.7 Å². The number of fused-ring (bicyclic) bond motifs is 12. The molecule has 0 saturated heterocycles. The van der Waals surface area contributed by atoms with Crippen molar-refractivity contribution in [1.82, 2.24) is 54.8 Å². The van der Waals surface area contributed by atoms with Crippen molar-refractivity contribution >= 4 is 11.3 Å². The van der Waals surface area contributed by atoms with Gasteiger partial charge < -0.3 is 0 Å². The van der Waals surface area contributed by atoms with E-state index in [4.69, 9.17) is 44.9 Å². The van der Waals surface area contributed by atoms with E-state index in [1.54, 1.807) is 23.7 Å². The van der Waals surface area contributed by atoms with Crippen LogP contribution < -0.4 is 0 Å². The standard InChI is InChI=1S/C52H38N6S.C49H37N5/c1-51(2)38-18-10-8-16-36(38)46-43(51)45(55-50(57-46)35-15-12-28-53-29-35)32-22-20-31(21-23-32)41-26-27-42(59-41)34-24-25-40(54-30-34)48-44-47(37-17-9-11-19-39(37)52(44,3)4)56-49(58-48)33-13-6-5-7-14-33;1-48(2)37-18-10-8-16-35(37)44-40(48)42(51-46(53-44)34-14-6-5-7-15-34)32-25-21-30(22-26-32)31-23-27-33(28-24-31)43-41-45(36-17-9-11-19-38(36)49(41,3)4)54-47(52-43)39-20-12-13-29-50-39/h5-30H,1-4H3;5-29H,1-4H3. The summed E-state index contributed by atoms with van der Waals surface area (Å²) in [5.41, 5.74) is 33.3. The third-order valence-corrected chi connectivity index (χ3v) is 24.6. The molecule has 21 rings (SSSR count). The lowest BCUT2D eigenvalue weighted by molar-refractivity contribution is 0.657. The average Bonchev–Trinajstić information content (AvgIpc) is 1.59. The molecule has 11 nitrogen and oxygen atoms in total. The topological polar surface area (TPSA) is 142 Å². The summed E-state index contributed by atoms with van der Waals surface area (Å²) in [7, 11) is 0. The van der Waals surface area contributed by atoms with Crippen LogP contribution in [0, 0.1) is 0 Å². The Kier molecular flexibility index (Phi) is 16.2. The van der Waals surface area contributed by atoms with Crippen LogP contribution in [0.25, 0.3) is 168 Å². The van der Waals surface area contributed by atoms with Gasteiger partial charge in [-0.3, -0.25) is 15.0 Å². The van der Waals surface area contributed by atoms with Gasteiger partial charge in [-0.15, -0.1) is 11.3 Å². The molecule has 0 saturated carbocycles. The van der Waals surface area contributed by atoms with E-state index < -0.39 is 0 Å². The number of pyridine rings is 3. The molecule has 4 aliphatic carbocycles. The summed E-state index contributed by atoms with van der Waals surface area (Å²) in [4.78, 5) is 58.0. The van der Waals surface area contributed by atoms with Crippen LogP contribution in [0.1, 0.15) is 99.9 Å². The van der Waals surface area contributed by atoms with E-state index in [1.807, 2.05) is 79.1 Å². The smallest absolute Gasteiger partial charge is 0.179 e. The summed E-state index contributed by atoms with van der Waals surface area (Å²) in [5.74, 6) is 2.76. The van der Waals surface area contributed by atoms with Crippen molar-refractivity contribution in [2.45, 2.75) is 77.0 Å². The molecule has 0 atom stereocenters. The molecule has 9 aromatic carbocycles. The largest absolute Gasteiger partial charge is 0.264 e. The van der Waals surface area contributed by atoms with Crippen LogP contribution in [-0.4, -0.2) is 54.8 Å². The summed E-state index contributed by atoms with van der Waals surface area (Å²) in [6, 6.07) is 99.8. The third kappa shape index (κ3) is 11.4. The van der Waals surface area contributed by atoms with Crippen LogP contribution in [0.4, 0.5) is 0 Å². The summed E-state index contributed by atoms with van der Waals surface area (Å²) in [6.07, 6.45) is 7.39. The lowest BCUT2D eigenvalue weighted by Crippen LogP contribution is -2.17. The van der Waals surface area contributed by atoms with E-state index in [-0.39, 0.29) is 21.7 Å². The number of nitrogens with zero attached hydrogens (tertiary/aromatic N) is 11. The molecule has 0 N–H and O–H groups in total. The van der Waals surface area contributed by atoms with Crippen molar-refractivity contribution in [1.29, 1.82) is 0 Å². The molecule has 17 aromatic rings. The number of rotatable bonds is 11. The monoisotopic (exact) mass is 1470 g/mol. The summed E-state index contributed by atoms with van der Waals surface area (Å²) < 4.78 is 0. The van der Waals surface area contributed by atoms with Gasteiger partial charge in [-0.25, -0.2) is 39.9 Å². The van der Waals surface area contributed by atoms with Gasteiger partial charge in [-0.05, 0) is 87.5 Å². The Balaban J connectivity index is 0.000000147. The predicted molar refractivity (Wildman–Crippen MR) is 457 cm³/mol. The van der Waals surface area contributed by atoms with E-state index in [0.717, 1.165) is 151 Å². The zero-order valence-corrected chi connectivity index (χ0v) is 64.6. The van der Waals surface area contributed by atoms with E-state index in [1.165, 1.54) is 43.8 Å². The fraction of sp³-hybridized carbons (Fsp3) is 0.119. The molecule has 0 spiro atoms. The molecule has 113 heavy (non-hydrogen) atoms. The quantitative estimate of drug-likeness (QED) is 0.122. The number of hydrogen-bond donors (Lipinski definition) is 0. The van der Waals surface area contributed by atoms with Crippen molar-refractivity contribution in [2.75, 3.05) is 0 Å². The average molecular weight is 1470 g/mol. The first kappa shape index (κ1) is 68.7. The van der Waals surface area contributed by atoms with Gasteiger partial charge in [0.1, 0.15) is 5.69 Å². The highest BCUT2D eigenvalue weighted by Crippen LogP contribution is 2.56. The van der Waals surface area contributed by atoms with Gasteiger partial charge in [0.2, 0.25) is 0 Å². The molecule has 0 radical (unpaired) electrons. The minimum absolute atomic E-state index is 0.238. The lowest BCUT2D eigenvalue weighted by atomic mass is 9.80. The summed E-state index contributed by atoms with van der Waals surface area (Å²) >= 11 is 1.77. The molecule has 8 heterocycles. The van der Waals surface area contributed by atoms with Gasteiger partial charge >= 0.3 is 0 Å². The minimum Gasteiger partial charge on any atom is -0.264 e. The highest BCUT2D eigenvalue weighted by Gasteiger charge is 2.44. The molecule has 0 bridgehead atoms. The molecule has 4 aliphatic rings. The number of benzene rings is 9. The van der Waals surface area contributed by atoms with Crippen LogP contribution in [0.2, 0.25) is 0 Å². The lowest BCUT2D eigenvalue weighted by Gasteiger charge is -2.24. The molecule has 0 unspecified atom stereocenters. The molecule has 12 heteroatoms. The van der Waals surface area contributed by atoms with E-state index >= 15 is 0 Å². The van der Waals surface area contributed by atoms with E-state index in [0.29, 0.717) is 17.5 Å². The highest BCUT2D eigenvalue weighted by molar-refractivity contribution is 7.18. The molecule has 540 valence electrons. The van der Waals surface area contributed by atoms with Crippen molar-refractivity contribution in [3.05, 3.63) is 354 Å². The predicted octanol–water partition coefficient (Wildman–Crippen LogP) is 24.3. The Bertz CT molecular complexity index is 6220. The normalized spacial score (nSPS) is 14.1. The van der Waals surface area contributed by atoms with Gasteiger partial charge in [0.25, 0.3) is 0 Å². The summed E-state index contributed by atoms with van der Waals surface area (Å²) in [6.45, 7) is 18.2. The van der Waals surface area contributed by atoms with Gasteiger partial charge in [-0.2, -0.15) is 0 Å². The highest BCUT2D eigenvalue weighted by atomic mass is 32.1. The Morgan fingerprint density at radius 3 is 0.956 bits per heavy atom. The van der Waals surface area contributed by atoms with Gasteiger partial charge in [-0.1, -0.05) is 292 Å². The van der Waals surface area contributed by atoms with Crippen LogP contribution in [0.5, 0.6) is 0 Å². The van der Waals surface area contributed by atoms with Crippen molar-refractivity contribution in [2.24, 2.45) is 0 Å². The third-order valence-electron chi connectivity index (χ3n) is 23.4. The van der Waals surface area contributed by atoms with Crippen LogP contribution >= 0.6 is 11.3 Å². The molecule has 0 fully saturated rings. The number of hydrogen-bond acceptors (Lipinski definition) is 12. The SMILES string of the molecule is CC1(C)c2ccccc2-c2nc(-c3ccccc3)nc(-c3ccc(-c4ccc(-c5nc(-c6ccccn6)nc6c5C(C)(C)c5ccccc5-6)cc4)cc3)c21.CC1(C)c2ccccc2-c2nc(-c3cccnc3)nc(-c3ccc(-c4ccc(-c5ccc(-c6nc(-c7ccccc7)nc7c6C(C)(C)c6ccccc6-7)nc5)s4)cc3)c21. The maximum atomic E-state index is 5.27. The Morgan fingerprint density at radius 1 is 0.212 bits per heavy atom.